The highest BCUT2D eigenvalue weighted by Gasteiger charge is 2.50. The minimum atomic E-state index is -1.12. The molecule has 2 heterocycles. The highest BCUT2D eigenvalue weighted by Crippen LogP contribution is 2.51. The number of hydrogen-bond acceptors (Lipinski definition) is 3. The van der Waals surface area contributed by atoms with Gasteiger partial charge in [0.25, 0.3) is 0 Å². The van der Waals surface area contributed by atoms with Crippen LogP contribution in [0.5, 0.6) is 5.75 Å². The Hall–Kier alpha value is -3.02. The highest BCUT2D eigenvalue weighted by atomic mass is 35.5. The van der Waals surface area contributed by atoms with E-state index in [1.165, 1.54) is 17.0 Å². The Bertz CT molecular complexity index is 1370. The van der Waals surface area contributed by atoms with E-state index in [0.717, 1.165) is 35.3 Å². The predicted octanol–water partition coefficient (Wildman–Crippen LogP) is 6.78. The van der Waals surface area contributed by atoms with E-state index < -0.39 is 11.4 Å². The number of ether oxygens (including phenoxy) is 1. The maximum absolute atomic E-state index is 14.1. The predicted molar refractivity (Wildman–Crippen MR) is 133 cm³/mol. The number of carbonyl (C=O) groups is 2. The summed E-state index contributed by atoms with van der Waals surface area (Å²) in [6.45, 7) is 6.01. The number of hydrogen-bond donors (Lipinski definition) is 1. The van der Waals surface area contributed by atoms with Gasteiger partial charge in [-0.05, 0) is 92.8 Å². The zero-order valence-corrected chi connectivity index (χ0v) is 20.5. The first-order valence-corrected chi connectivity index (χ1v) is 11.8. The number of aryl methyl sites for hydroxylation is 1. The molecule has 3 aromatic carbocycles. The quantitative estimate of drug-likeness (QED) is 0.434. The average Bonchev–Trinajstić information content (AvgIpc) is 2.99. The van der Waals surface area contributed by atoms with Gasteiger partial charge in [-0.1, -0.05) is 35.3 Å². The van der Waals surface area contributed by atoms with Crippen molar-refractivity contribution in [3.63, 3.8) is 0 Å². The summed E-state index contributed by atoms with van der Waals surface area (Å²) in [6, 6.07) is 15.6. The molecule has 5 nitrogen and oxygen atoms in total. The molecule has 0 saturated carbocycles. The molecule has 0 fully saturated rings. The Morgan fingerprint density at radius 3 is 2.50 bits per heavy atom. The summed E-state index contributed by atoms with van der Waals surface area (Å²) >= 11 is 12.6. The van der Waals surface area contributed by atoms with Gasteiger partial charge in [0.05, 0.1) is 22.4 Å². The van der Waals surface area contributed by atoms with E-state index >= 15 is 0 Å². The first kappa shape index (κ1) is 22.8. The molecule has 0 bridgehead atoms. The van der Waals surface area contributed by atoms with Gasteiger partial charge in [-0.2, -0.15) is 0 Å². The largest absolute Gasteiger partial charge is 0.488 e. The van der Waals surface area contributed by atoms with Crippen molar-refractivity contribution in [2.45, 2.75) is 44.6 Å². The molecule has 0 aliphatic carbocycles. The van der Waals surface area contributed by atoms with Gasteiger partial charge in [-0.25, -0.2) is 4.79 Å². The number of carboxylic acid groups (broad SMARTS) is 1. The summed E-state index contributed by atoms with van der Waals surface area (Å²) in [6.07, 6.45) is 1.73. The van der Waals surface area contributed by atoms with Crippen molar-refractivity contribution in [1.82, 2.24) is 0 Å². The lowest BCUT2D eigenvalue weighted by molar-refractivity contribution is -0.120. The SMILES string of the molecule is CC1(C)CCc2cc([C@]3(C)C(=O)N(c4cc(Cl)cc(C(=O)O)c4)c4ccc(Cl)cc43)ccc2O1. The van der Waals surface area contributed by atoms with Crippen molar-refractivity contribution in [2.24, 2.45) is 0 Å². The number of amides is 1. The van der Waals surface area contributed by atoms with Gasteiger partial charge in [0.2, 0.25) is 5.91 Å². The first-order valence-electron chi connectivity index (χ1n) is 11.0. The Morgan fingerprint density at radius 1 is 1.00 bits per heavy atom. The second kappa shape index (κ2) is 7.76. The maximum Gasteiger partial charge on any atom is 0.335 e. The normalized spacial score (nSPS) is 20.5. The molecule has 174 valence electrons. The molecule has 1 N–H and O–H groups in total. The van der Waals surface area contributed by atoms with Crippen LogP contribution in [0, 0.1) is 0 Å². The van der Waals surface area contributed by atoms with Crippen LogP contribution in [0.4, 0.5) is 11.4 Å². The molecule has 3 aromatic rings. The van der Waals surface area contributed by atoms with Crippen molar-refractivity contribution in [3.05, 3.63) is 86.9 Å². The zero-order valence-electron chi connectivity index (χ0n) is 19.0. The van der Waals surface area contributed by atoms with Gasteiger partial charge in [0.15, 0.2) is 0 Å². The van der Waals surface area contributed by atoms with E-state index in [0.29, 0.717) is 16.4 Å². The molecular weight excluding hydrogens is 473 g/mol. The number of aromatic carboxylic acids is 1. The van der Waals surface area contributed by atoms with Crippen LogP contribution in [0.15, 0.2) is 54.6 Å². The minimum Gasteiger partial charge on any atom is -0.488 e. The fraction of sp³-hybridized carbons (Fsp3) is 0.259. The number of benzene rings is 3. The fourth-order valence-electron chi connectivity index (χ4n) is 4.88. The van der Waals surface area contributed by atoms with Crippen LogP contribution in [0.25, 0.3) is 0 Å². The molecule has 1 atom stereocenters. The van der Waals surface area contributed by atoms with E-state index in [9.17, 15) is 14.7 Å². The van der Waals surface area contributed by atoms with Crippen molar-refractivity contribution in [1.29, 1.82) is 0 Å². The molecule has 34 heavy (non-hydrogen) atoms. The van der Waals surface area contributed by atoms with Gasteiger partial charge in [0.1, 0.15) is 11.4 Å². The van der Waals surface area contributed by atoms with Gasteiger partial charge >= 0.3 is 5.97 Å². The summed E-state index contributed by atoms with van der Waals surface area (Å²) in [5.74, 6) is -0.495. The number of carbonyl (C=O) groups excluding carboxylic acids is 1. The van der Waals surface area contributed by atoms with Gasteiger partial charge in [-0.15, -0.1) is 0 Å². The van der Waals surface area contributed by atoms with Gasteiger partial charge in [-0.3, -0.25) is 9.69 Å². The standard InChI is InChI=1S/C27H23Cl2NO4/c1-26(2)9-8-15-10-17(4-7-23(15)34-26)27(3)21-14-18(28)5-6-22(21)30(25(27)33)20-12-16(24(31)32)11-19(29)13-20/h4-7,10-14H,8-9H2,1-3H3,(H,31,32)/t27-/m0/s1. The number of rotatable bonds is 3. The second-order valence-corrected chi connectivity index (χ2v) is 10.5. The number of fused-ring (bicyclic) bond motifs is 2. The first-order chi connectivity index (χ1) is 16.0. The van der Waals surface area contributed by atoms with Crippen LogP contribution in [0.2, 0.25) is 10.0 Å². The van der Waals surface area contributed by atoms with Crippen LogP contribution in [-0.4, -0.2) is 22.6 Å². The van der Waals surface area contributed by atoms with Crippen LogP contribution >= 0.6 is 23.2 Å². The van der Waals surface area contributed by atoms with Crippen molar-refractivity contribution < 1.29 is 19.4 Å². The summed E-state index contributed by atoms with van der Waals surface area (Å²) in [5, 5.41) is 10.3. The summed E-state index contributed by atoms with van der Waals surface area (Å²) in [5.41, 5.74) is 2.42. The molecule has 7 heteroatoms. The zero-order chi connectivity index (χ0) is 24.4. The Morgan fingerprint density at radius 2 is 1.76 bits per heavy atom. The summed E-state index contributed by atoms with van der Waals surface area (Å²) in [4.78, 5) is 27.3. The topological polar surface area (TPSA) is 66.8 Å². The summed E-state index contributed by atoms with van der Waals surface area (Å²) < 4.78 is 6.14. The Labute approximate surface area is 207 Å². The highest BCUT2D eigenvalue weighted by molar-refractivity contribution is 6.32. The number of anilines is 2. The van der Waals surface area contributed by atoms with Crippen LogP contribution < -0.4 is 9.64 Å². The molecule has 0 radical (unpaired) electrons. The van der Waals surface area contributed by atoms with Gasteiger partial charge < -0.3 is 9.84 Å². The smallest absolute Gasteiger partial charge is 0.335 e. The van der Waals surface area contributed by atoms with E-state index in [1.54, 1.807) is 24.3 Å². The molecule has 2 aliphatic rings. The van der Waals surface area contributed by atoms with Crippen molar-refractivity contribution in [2.75, 3.05) is 4.90 Å². The van der Waals surface area contributed by atoms with E-state index in [2.05, 4.69) is 13.8 Å². The number of halogens is 2. The third kappa shape index (κ3) is 3.55. The second-order valence-electron chi connectivity index (χ2n) is 9.61. The molecule has 0 unspecified atom stereocenters. The number of carboxylic acids is 1. The molecular formula is C27H23Cl2NO4. The third-order valence-corrected chi connectivity index (χ3v) is 7.23. The van der Waals surface area contributed by atoms with Crippen molar-refractivity contribution in [3.8, 4) is 5.75 Å². The Balaban J connectivity index is 1.68. The molecule has 0 aromatic heterocycles. The molecule has 0 spiro atoms. The maximum atomic E-state index is 14.1. The third-order valence-electron chi connectivity index (χ3n) is 6.78. The van der Waals surface area contributed by atoms with Crippen LogP contribution in [-0.2, 0) is 16.6 Å². The molecule has 5 rings (SSSR count). The average molecular weight is 496 g/mol. The molecule has 0 saturated heterocycles. The van der Waals surface area contributed by atoms with E-state index in [4.69, 9.17) is 27.9 Å². The van der Waals surface area contributed by atoms with Gasteiger partial charge in [0, 0.05) is 10.0 Å². The van der Waals surface area contributed by atoms with Crippen molar-refractivity contribution >= 4 is 46.5 Å². The van der Waals surface area contributed by atoms with Crippen LogP contribution in [0.3, 0.4) is 0 Å². The molecule has 1 amide bonds. The van der Waals surface area contributed by atoms with Crippen LogP contribution in [0.1, 0.15) is 54.2 Å². The fourth-order valence-corrected chi connectivity index (χ4v) is 5.29. The lowest BCUT2D eigenvalue weighted by Gasteiger charge is -2.34. The summed E-state index contributed by atoms with van der Waals surface area (Å²) in [7, 11) is 0. The monoisotopic (exact) mass is 495 g/mol. The molecule has 2 aliphatic heterocycles. The number of nitrogens with zero attached hydrogens (tertiary/aromatic N) is 1. The van der Waals surface area contributed by atoms with E-state index in [1.807, 2.05) is 25.1 Å². The lowest BCUT2D eigenvalue weighted by Crippen LogP contribution is -2.37. The van der Waals surface area contributed by atoms with E-state index in [-0.39, 0.29) is 22.1 Å². The lowest BCUT2D eigenvalue weighted by atomic mass is 9.76. The Kier molecular flexibility index (Phi) is 5.19. The minimum absolute atomic E-state index is 0.00737.